The second-order valence-electron chi connectivity index (χ2n) is 5.38. The third-order valence-electron chi connectivity index (χ3n) is 4.05. The predicted octanol–water partition coefficient (Wildman–Crippen LogP) is 2.90. The third-order valence-corrected chi connectivity index (χ3v) is 4.05. The molecule has 1 fully saturated rings. The van der Waals surface area contributed by atoms with Gasteiger partial charge < -0.3 is 15.5 Å². The summed E-state index contributed by atoms with van der Waals surface area (Å²) in [7, 11) is 0. The van der Waals surface area contributed by atoms with Gasteiger partial charge in [0, 0.05) is 49.3 Å². The van der Waals surface area contributed by atoms with Crippen LogP contribution < -0.4 is 15.5 Å². The first-order chi connectivity index (χ1) is 10.4. The van der Waals surface area contributed by atoms with Crippen LogP contribution in [-0.2, 0) is 0 Å². The van der Waals surface area contributed by atoms with Crippen molar-refractivity contribution in [1.82, 2.24) is 5.32 Å². The fourth-order valence-corrected chi connectivity index (χ4v) is 2.95. The first-order valence-electron chi connectivity index (χ1n) is 7.41. The minimum atomic E-state index is 0.986. The van der Waals surface area contributed by atoms with Gasteiger partial charge >= 0.3 is 0 Å². The van der Waals surface area contributed by atoms with E-state index in [-0.39, 0.29) is 0 Å². The number of fused-ring (bicyclic) bond motifs is 2. The number of hydrogen-bond acceptors (Lipinski definition) is 4. The average molecular weight is 278 g/mol. The Bertz CT molecular complexity index is 687. The molecule has 2 N–H and O–H groups in total. The monoisotopic (exact) mass is 278 g/mol. The maximum Gasteiger partial charge on any atom is 0.0864 e. The minimum absolute atomic E-state index is 0.986. The zero-order chi connectivity index (χ0) is 14.1. The molecular weight excluding hydrogens is 260 g/mol. The average Bonchev–Trinajstić information content (AvgIpc) is 2.74. The van der Waals surface area contributed by atoms with Crippen LogP contribution in [0.5, 0.6) is 0 Å². The summed E-state index contributed by atoms with van der Waals surface area (Å²) in [6.07, 6.45) is 1.99. The summed E-state index contributed by atoms with van der Waals surface area (Å²) in [6, 6.07) is 14.6. The van der Waals surface area contributed by atoms with E-state index in [9.17, 15) is 0 Å². The summed E-state index contributed by atoms with van der Waals surface area (Å²) in [5.41, 5.74) is 5.61. The summed E-state index contributed by atoms with van der Waals surface area (Å²) in [6.45, 7) is 4.15. The summed E-state index contributed by atoms with van der Waals surface area (Å²) in [4.78, 5) is 7.08. The molecule has 4 rings (SSSR count). The van der Waals surface area contributed by atoms with Crippen LogP contribution in [-0.4, -0.2) is 32.4 Å². The van der Waals surface area contributed by atoms with E-state index in [0.29, 0.717) is 0 Å². The molecule has 0 aromatic heterocycles. The number of para-hydroxylation sites is 2. The maximum absolute atomic E-state index is 4.65. The molecule has 0 saturated carbocycles. The Morgan fingerprint density at radius 3 is 2.62 bits per heavy atom. The minimum Gasteiger partial charge on any atom is -0.368 e. The lowest BCUT2D eigenvalue weighted by Gasteiger charge is -2.31. The van der Waals surface area contributed by atoms with Crippen molar-refractivity contribution in [2.45, 2.75) is 0 Å². The van der Waals surface area contributed by atoms with Crippen molar-refractivity contribution >= 4 is 29.0 Å². The van der Waals surface area contributed by atoms with Gasteiger partial charge in [-0.25, -0.2) is 0 Å². The normalized spacial score (nSPS) is 16.7. The Balaban J connectivity index is 1.78. The van der Waals surface area contributed by atoms with Crippen LogP contribution >= 0.6 is 0 Å². The first kappa shape index (κ1) is 12.4. The molecule has 1 saturated heterocycles. The smallest absolute Gasteiger partial charge is 0.0864 e. The molecule has 0 amide bonds. The highest BCUT2D eigenvalue weighted by Gasteiger charge is 2.17. The van der Waals surface area contributed by atoms with Crippen LogP contribution in [0.3, 0.4) is 0 Å². The van der Waals surface area contributed by atoms with Crippen LogP contribution in [0.25, 0.3) is 0 Å². The lowest BCUT2D eigenvalue weighted by atomic mass is 10.1. The third kappa shape index (κ3) is 2.28. The highest BCUT2D eigenvalue weighted by atomic mass is 15.2. The predicted molar refractivity (Wildman–Crippen MR) is 88.5 cm³/mol. The Hall–Kier alpha value is -2.33. The zero-order valence-corrected chi connectivity index (χ0v) is 11.8. The molecule has 106 valence electrons. The number of nitrogens with one attached hydrogen (secondary N) is 2. The molecule has 4 nitrogen and oxygen atoms in total. The van der Waals surface area contributed by atoms with Gasteiger partial charge in [0.1, 0.15) is 0 Å². The van der Waals surface area contributed by atoms with E-state index >= 15 is 0 Å². The Morgan fingerprint density at radius 1 is 0.905 bits per heavy atom. The van der Waals surface area contributed by atoms with Crippen molar-refractivity contribution in [3.63, 3.8) is 0 Å². The zero-order valence-electron chi connectivity index (χ0n) is 11.8. The first-order valence-corrected chi connectivity index (χ1v) is 7.41. The standard InChI is InChI=1S/C17H18N4/c1-2-5-16-15(4-1)19-12-13-14(20-16)6-3-7-17(13)21-10-8-18-9-11-21/h1-7,12,18,20H,8-11H2. The van der Waals surface area contributed by atoms with Gasteiger partial charge in [-0.05, 0) is 24.3 Å². The fourth-order valence-electron chi connectivity index (χ4n) is 2.95. The molecule has 0 atom stereocenters. The van der Waals surface area contributed by atoms with Gasteiger partial charge in [0.15, 0.2) is 0 Å². The molecule has 2 heterocycles. The van der Waals surface area contributed by atoms with E-state index < -0.39 is 0 Å². The van der Waals surface area contributed by atoms with E-state index in [1.807, 2.05) is 24.4 Å². The Morgan fingerprint density at radius 2 is 1.71 bits per heavy atom. The van der Waals surface area contributed by atoms with Gasteiger partial charge in [0.05, 0.1) is 11.4 Å². The van der Waals surface area contributed by atoms with Crippen molar-refractivity contribution < 1.29 is 0 Å². The lowest BCUT2D eigenvalue weighted by molar-refractivity contribution is 0.589. The molecule has 0 spiro atoms. The molecule has 0 unspecified atom stereocenters. The van der Waals surface area contributed by atoms with Crippen LogP contribution in [0.4, 0.5) is 22.7 Å². The number of anilines is 3. The number of piperazine rings is 1. The number of nitrogens with zero attached hydrogens (tertiary/aromatic N) is 2. The lowest BCUT2D eigenvalue weighted by Crippen LogP contribution is -2.43. The van der Waals surface area contributed by atoms with Crippen LogP contribution in [0.1, 0.15) is 5.56 Å². The van der Waals surface area contributed by atoms with Gasteiger partial charge in [0.25, 0.3) is 0 Å². The Labute approximate surface area is 124 Å². The van der Waals surface area contributed by atoms with Crippen LogP contribution in [0.15, 0.2) is 47.5 Å². The summed E-state index contributed by atoms with van der Waals surface area (Å²) in [5, 5.41) is 6.92. The van der Waals surface area contributed by atoms with E-state index in [4.69, 9.17) is 0 Å². The Kier molecular flexibility index (Phi) is 3.09. The van der Waals surface area contributed by atoms with Crippen LogP contribution in [0, 0.1) is 0 Å². The van der Waals surface area contributed by atoms with Crippen molar-refractivity contribution in [1.29, 1.82) is 0 Å². The topological polar surface area (TPSA) is 39.7 Å². The van der Waals surface area contributed by atoms with E-state index in [1.165, 1.54) is 11.3 Å². The quantitative estimate of drug-likeness (QED) is 0.719. The molecule has 0 radical (unpaired) electrons. The van der Waals surface area contributed by atoms with Crippen molar-refractivity contribution in [2.24, 2.45) is 4.99 Å². The SMILES string of the molecule is C1=Nc2ccccc2Nc2cccc(N3CCNCC3)c21. The molecule has 0 bridgehead atoms. The summed E-state index contributed by atoms with van der Waals surface area (Å²) in [5.74, 6) is 0. The largest absolute Gasteiger partial charge is 0.368 e. The molecule has 2 aromatic carbocycles. The van der Waals surface area contributed by atoms with Crippen LogP contribution in [0.2, 0.25) is 0 Å². The second kappa shape index (κ2) is 5.22. The van der Waals surface area contributed by atoms with Crippen molar-refractivity contribution in [2.75, 3.05) is 36.4 Å². The molecule has 4 heteroatoms. The molecule has 0 aliphatic carbocycles. The number of benzene rings is 2. The van der Waals surface area contributed by atoms with Gasteiger partial charge in [0.2, 0.25) is 0 Å². The van der Waals surface area contributed by atoms with Gasteiger partial charge in [-0.3, -0.25) is 4.99 Å². The van der Waals surface area contributed by atoms with E-state index in [2.05, 4.69) is 44.8 Å². The summed E-state index contributed by atoms with van der Waals surface area (Å²) >= 11 is 0. The molecule has 2 aromatic rings. The van der Waals surface area contributed by atoms with Gasteiger partial charge in [-0.1, -0.05) is 18.2 Å². The number of rotatable bonds is 1. The van der Waals surface area contributed by atoms with Crippen molar-refractivity contribution in [3.05, 3.63) is 48.0 Å². The fraction of sp³-hybridized carbons (Fsp3) is 0.235. The molecule has 21 heavy (non-hydrogen) atoms. The molecule has 2 aliphatic heterocycles. The van der Waals surface area contributed by atoms with E-state index in [0.717, 1.165) is 43.2 Å². The second-order valence-corrected chi connectivity index (χ2v) is 5.38. The number of hydrogen-bond donors (Lipinski definition) is 2. The molecule has 2 aliphatic rings. The van der Waals surface area contributed by atoms with E-state index in [1.54, 1.807) is 0 Å². The highest BCUT2D eigenvalue weighted by molar-refractivity contribution is 6.00. The van der Waals surface area contributed by atoms with Gasteiger partial charge in [-0.15, -0.1) is 0 Å². The van der Waals surface area contributed by atoms with Crippen molar-refractivity contribution in [3.8, 4) is 0 Å². The number of aliphatic imine (C=N–C) groups is 1. The van der Waals surface area contributed by atoms with Gasteiger partial charge in [-0.2, -0.15) is 0 Å². The highest BCUT2D eigenvalue weighted by Crippen LogP contribution is 2.35. The maximum atomic E-state index is 4.65. The molecular formula is C17H18N4. The summed E-state index contributed by atoms with van der Waals surface area (Å²) < 4.78 is 0.